The van der Waals surface area contributed by atoms with Crippen molar-refractivity contribution in [3.8, 4) is 0 Å². The predicted octanol–water partition coefficient (Wildman–Crippen LogP) is -1.50. The molecular formula is C7H18N2O4. The summed E-state index contributed by atoms with van der Waals surface area (Å²) in [5.74, 6) is -0.236. The molecule has 0 aliphatic heterocycles. The molecule has 0 unspecified atom stereocenters. The first-order valence-corrected chi connectivity index (χ1v) is 3.12. The Balaban J connectivity index is -0.0000000576. The Hall–Kier alpha value is -1.43. The number of carbonyl (C=O) groups is 3. The van der Waals surface area contributed by atoms with E-state index in [2.05, 4.69) is 5.32 Å². The molecule has 0 atom stereocenters. The van der Waals surface area contributed by atoms with Crippen LogP contribution in [0.5, 0.6) is 0 Å². The molecule has 4 N–H and O–H groups in total. The van der Waals surface area contributed by atoms with Crippen molar-refractivity contribution in [1.29, 1.82) is 0 Å². The fraction of sp³-hybridized carbons (Fsp3) is 0.571. The Morgan fingerprint density at radius 3 is 1.31 bits per heavy atom. The van der Waals surface area contributed by atoms with Gasteiger partial charge in [-0.3, -0.25) is 9.59 Å². The van der Waals surface area contributed by atoms with Gasteiger partial charge in [-0.2, -0.15) is 0 Å². The van der Waals surface area contributed by atoms with Crippen LogP contribution in [0.4, 0.5) is 0 Å². The van der Waals surface area contributed by atoms with Crippen LogP contribution in [-0.2, 0) is 14.4 Å². The van der Waals surface area contributed by atoms with Gasteiger partial charge in [0.1, 0.15) is 6.79 Å². The van der Waals surface area contributed by atoms with Gasteiger partial charge in [-0.25, -0.2) is 0 Å². The van der Waals surface area contributed by atoms with Crippen molar-refractivity contribution in [2.24, 2.45) is 0 Å². The summed E-state index contributed by atoms with van der Waals surface area (Å²) in [6.07, 6.45) is 0. The molecular weight excluding hydrogens is 176 g/mol. The van der Waals surface area contributed by atoms with Crippen LogP contribution in [0.2, 0.25) is 1.41 Å². The Kier molecular flexibility index (Phi) is 30.4. The van der Waals surface area contributed by atoms with E-state index in [0.717, 1.165) is 5.31 Å². The molecule has 0 heterocycles. The molecule has 0 saturated carbocycles. The molecule has 6 heteroatoms. The summed E-state index contributed by atoms with van der Waals surface area (Å²) in [6, 6.07) is 0. The highest BCUT2D eigenvalue weighted by molar-refractivity contribution is 5.72. The third-order valence-corrected chi connectivity index (χ3v) is 0.667. The fourth-order valence-corrected chi connectivity index (χ4v) is 0. The van der Waals surface area contributed by atoms with Crippen LogP contribution >= 0.6 is 0 Å². The van der Waals surface area contributed by atoms with E-state index >= 15 is 0 Å². The highest BCUT2D eigenvalue weighted by Crippen LogP contribution is 1.45. The van der Waals surface area contributed by atoms with E-state index in [4.69, 9.17) is 6.21 Å². The number of amides is 2. The third-order valence-electron chi connectivity index (χ3n) is 0.667. The van der Waals surface area contributed by atoms with Crippen molar-refractivity contribution < 1.29 is 21.3 Å². The lowest BCUT2D eigenvalue weighted by Crippen LogP contribution is -2.11. The van der Waals surface area contributed by atoms with Crippen LogP contribution < -0.4 is 10.6 Å². The smallest absolute Gasteiger partial charge is 0.216 e. The Morgan fingerprint density at radius 2 is 1.31 bits per heavy atom. The first-order chi connectivity index (χ1) is 5.91. The first-order valence-electron chi connectivity index (χ1n) is 3.56. The number of rotatable bonds is 0. The highest BCUT2D eigenvalue weighted by atomic mass is 16.1. The lowest BCUT2D eigenvalue weighted by Gasteiger charge is -1.80. The number of hydrogen-bond donors (Lipinski definition) is 2. The van der Waals surface area contributed by atoms with Gasteiger partial charge in [-0.15, -0.1) is 0 Å². The highest BCUT2D eigenvalue weighted by Gasteiger charge is 1.73. The molecule has 0 aliphatic carbocycles. The largest absolute Gasteiger partial charge is 0.412 e. The zero-order valence-electron chi connectivity index (χ0n) is 9.38. The van der Waals surface area contributed by atoms with Crippen LogP contribution in [0, 0.1) is 0 Å². The summed E-state index contributed by atoms with van der Waals surface area (Å²) < 4.78 is 6.52. The molecule has 6 nitrogen and oxygen atoms in total. The first kappa shape index (κ1) is 17.6. The van der Waals surface area contributed by atoms with E-state index < -0.39 is 0 Å². The van der Waals surface area contributed by atoms with E-state index in [0.29, 0.717) is 0 Å². The van der Waals surface area contributed by atoms with Crippen LogP contribution in [0.3, 0.4) is 0 Å². The minimum atomic E-state index is -0.241. The summed E-state index contributed by atoms with van der Waals surface area (Å²) in [5, 5.41) is 3.17. The second-order valence-electron chi connectivity index (χ2n) is 1.55. The topological polar surface area (TPSA) is 107 Å². The summed E-state index contributed by atoms with van der Waals surface area (Å²) >= 11 is 0. The minimum absolute atomic E-state index is 0. The van der Waals surface area contributed by atoms with Crippen LogP contribution in [0.1, 0.15) is 13.8 Å². The van der Waals surface area contributed by atoms with E-state index in [1.807, 2.05) is 6.79 Å². The van der Waals surface area contributed by atoms with E-state index in [-0.39, 0.29) is 17.3 Å². The van der Waals surface area contributed by atoms with E-state index in [1.165, 1.54) is 20.9 Å². The maximum Gasteiger partial charge on any atom is 0.216 e. The molecule has 0 aromatic rings. The molecule has 0 fully saturated rings. The van der Waals surface area contributed by atoms with Gasteiger partial charge in [-0.05, 0) is 0 Å². The summed E-state index contributed by atoms with van der Waals surface area (Å²) in [4.78, 5) is 27.6. The van der Waals surface area contributed by atoms with Gasteiger partial charge in [0.2, 0.25) is 11.8 Å². The van der Waals surface area contributed by atoms with Crippen molar-refractivity contribution in [2.45, 2.75) is 13.8 Å². The predicted molar refractivity (Wildman–Crippen MR) is 50.2 cm³/mol. The summed E-state index contributed by atoms with van der Waals surface area (Å²) in [5.41, 5.74) is 0. The standard InChI is InChI=1S/2C3H7NO.CH2O.H2O/c2*1-3(5)4-2;1-2;/h2*1-2H3,(H,4,5);1H2;1H2/i/hD. The van der Waals surface area contributed by atoms with Gasteiger partial charge in [0.15, 0.2) is 1.41 Å². The third kappa shape index (κ3) is 118. The maximum atomic E-state index is 9.88. The van der Waals surface area contributed by atoms with Gasteiger partial charge in [0, 0.05) is 27.9 Å². The molecule has 0 aromatic carbocycles. The fourth-order valence-electron chi connectivity index (χ4n) is 0. The van der Waals surface area contributed by atoms with Gasteiger partial charge in [0.05, 0.1) is 0 Å². The average molecular weight is 195 g/mol. The minimum Gasteiger partial charge on any atom is -0.412 e. The van der Waals surface area contributed by atoms with Crippen LogP contribution in [0.25, 0.3) is 0 Å². The van der Waals surface area contributed by atoms with Gasteiger partial charge in [-0.1, -0.05) is 0 Å². The zero-order chi connectivity index (χ0) is 11.4. The normalized spacial score (nSPS) is 6.62. The Labute approximate surface area is 79.5 Å². The number of carbonyl (C=O) groups excluding carboxylic acids is 3. The van der Waals surface area contributed by atoms with Gasteiger partial charge >= 0.3 is 0 Å². The Morgan fingerprint density at radius 1 is 1.15 bits per heavy atom. The van der Waals surface area contributed by atoms with Crippen LogP contribution in [-0.4, -0.2) is 38.2 Å². The van der Waals surface area contributed by atoms with E-state index in [1.54, 1.807) is 7.05 Å². The molecule has 13 heavy (non-hydrogen) atoms. The molecule has 80 valence electrons. The maximum absolute atomic E-state index is 9.88. The molecule has 0 rings (SSSR count). The van der Waals surface area contributed by atoms with E-state index in [9.17, 15) is 9.59 Å². The second-order valence-corrected chi connectivity index (χ2v) is 1.55. The lowest BCUT2D eigenvalue weighted by molar-refractivity contribution is -0.119. The zero-order valence-corrected chi connectivity index (χ0v) is 8.38. The number of nitrogens with one attached hydrogen (secondary N) is 2. The SMILES string of the molecule is C=O.CNC(C)=O.O.[2H]N(C)C(C)=O. The number of hydrogen-bond acceptors (Lipinski definition) is 3. The van der Waals surface area contributed by atoms with Crippen LogP contribution in [0.15, 0.2) is 0 Å². The molecule has 2 amide bonds. The molecule has 0 aromatic heterocycles. The van der Waals surface area contributed by atoms with Crippen molar-refractivity contribution >= 4 is 18.6 Å². The lowest BCUT2D eigenvalue weighted by atomic mass is 10.7. The van der Waals surface area contributed by atoms with Crippen molar-refractivity contribution in [3.63, 3.8) is 0 Å². The molecule has 0 aliphatic rings. The van der Waals surface area contributed by atoms with Crippen molar-refractivity contribution in [2.75, 3.05) is 14.1 Å². The van der Waals surface area contributed by atoms with Crippen molar-refractivity contribution in [3.05, 3.63) is 0 Å². The summed E-state index contributed by atoms with van der Waals surface area (Å²) in [7, 11) is 2.99. The monoisotopic (exact) mass is 195 g/mol. The van der Waals surface area contributed by atoms with Gasteiger partial charge < -0.3 is 20.9 Å². The second kappa shape index (κ2) is 22.4. The molecule has 0 bridgehead atoms. The quantitative estimate of drug-likeness (QED) is 0.491. The summed E-state index contributed by atoms with van der Waals surface area (Å²) in [6.45, 7) is 4.81. The Bertz CT molecular complexity index is 153. The van der Waals surface area contributed by atoms with Gasteiger partial charge in [0.25, 0.3) is 0 Å². The van der Waals surface area contributed by atoms with Crippen molar-refractivity contribution in [1.82, 2.24) is 10.6 Å². The molecule has 0 radical (unpaired) electrons. The molecule has 0 spiro atoms. The molecule has 0 saturated heterocycles. The average Bonchev–Trinajstić information content (AvgIpc) is 2.09.